The molecule has 33 heavy (non-hydrogen) atoms. The maximum absolute atomic E-state index is 13.0. The normalized spacial score (nSPS) is 10.5. The van der Waals surface area contributed by atoms with Crippen molar-refractivity contribution in [2.75, 3.05) is 7.11 Å². The number of para-hydroxylation sites is 1. The second kappa shape index (κ2) is 9.82. The number of pyridine rings is 1. The van der Waals surface area contributed by atoms with Gasteiger partial charge < -0.3 is 10.1 Å². The predicted molar refractivity (Wildman–Crippen MR) is 128 cm³/mol. The number of fused-ring (bicyclic) bond motifs is 1. The van der Waals surface area contributed by atoms with Crippen molar-refractivity contribution >= 4 is 22.8 Å². The first-order valence-corrected chi connectivity index (χ1v) is 10.5. The summed E-state index contributed by atoms with van der Waals surface area (Å²) in [6, 6.07) is 23.9. The first-order valence-electron chi connectivity index (χ1n) is 10.5. The van der Waals surface area contributed by atoms with Crippen LogP contribution >= 0.6 is 0 Å². The maximum Gasteiger partial charge on any atom is 0.333 e. The Hall–Kier alpha value is -4.39. The predicted octanol–water partition coefficient (Wildman–Crippen LogP) is 4.36. The number of methoxy groups -OCH3 is 1. The van der Waals surface area contributed by atoms with Gasteiger partial charge in [-0.15, -0.1) is 0 Å². The Balaban J connectivity index is 1.46. The molecule has 0 spiro atoms. The Bertz CT molecular complexity index is 1290. The average Bonchev–Trinajstić information content (AvgIpc) is 2.86. The van der Waals surface area contributed by atoms with Crippen molar-refractivity contribution in [1.82, 2.24) is 21.2 Å². The van der Waals surface area contributed by atoms with Gasteiger partial charge in [0.1, 0.15) is 5.75 Å². The largest absolute Gasteiger partial charge is 0.497 e. The fourth-order valence-electron chi connectivity index (χ4n) is 3.39. The molecule has 3 aromatic carbocycles. The second-order valence-corrected chi connectivity index (χ2v) is 7.55. The van der Waals surface area contributed by atoms with Crippen molar-refractivity contribution in [3.63, 3.8) is 0 Å². The lowest BCUT2D eigenvalue weighted by atomic mass is 10.0. The Morgan fingerprint density at radius 3 is 2.36 bits per heavy atom. The topological polar surface area (TPSA) is 92.4 Å². The Kier molecular flexibility index (Phi) is 6.50. The monoisotopic (exact) mass is 440 g/mol. The van der Waals surface area contributed by atoms with Gasteiger partial charge in [0.25, 0.3) is 5.91 Å². The third-order valence-electron chi connectivity index (χ3n) is 5.21. The van der Waals surface area contributed by atoms with E-state index in [0.717, 1.165) is 22.4 Å². The zero-order chi connectivity index (χ0) is 23.2. The lowest BCUT2D eigenvalue weighted by molar-refractivity contribution is 0.0938. The fraction of sp³-hybridized carbons (Fsp3) is 0.115. The molecule has 1 heterocycles. The molecule has 7 nitrogen and oxygen atoms in total. The molecule has 7 heteroatoms. The minimum absolute atomic E-state index is 0.307. The molecule has 0 unspecified atom stereocenters. The van der Waals surface area contributed by atoms with Gasteiger partial charge in [0.15, 0.2) is 0 Å². The number of urea groups is 1. The van der Waals surface area contributed by atoms with Gasteiger partial charge in [-0.05, 0) is 36.8 Å². The van der Waals surface area contributed by atoms with Gasteiger partial charge in [-0.1, -0.05) is 60.2 Å². The summed E-state index contributed by atoms with van der Waals surface area (Å²) in [5.41, 5.74) is 9.65. The van der Waals surface area contributed by atoms with Crippen LogP contribution in [0.15, 0.2) is 78.9 Å². The molecule has 166 valence electrons. The van der Waals surface area contributed by atoms with E-state index in [1.54, 1.807) is 13.2 Å². The van der Waals surface area contributed by atoms with Gasteiger partial charge in [0.05, 0.1) is 23.9 Å². The number of rotatable bonds is 5. The molecule has 0 saturated carbocycles. The van der Waals surface area contributed by atoms with Crippen LogP contribution in [0.1, 0.15) is 21.5 Å². The number of carbonyl (C=O) groups is 2. The zero-order valence-corrected chi connectivity index (χ0v) is 18.4. The molecule has 0 aliphatic heterocycles. The number of hydrogen-bond donors (Lipinski definition) is 3. The van der Waals surface area contributed by atoms with E-state index in [4.69, 9.17) is 9.72 Å². The standard InChI is InChI=1S/C26H24N4O3/c1-17-7-11-19(12-8-17)24-15-22(21-5-3-4-6-23(21)28-24)25(31)29-30-26(32)27-16-18-9-13-20(33-2)14-10-18/h3-15H,16H2,1-2H3,(H,29,31)(H2,27,30,32). The third-order valence-corrected chi connectivity index (χ3v) is 5.21. The van der Waals surface area contributed by atoms with E-state index in [-0.39, 0.29) is 0 Å². The summed E-state index contributed by atoms with van der Waals surface area (Å²) in [6.45, 7) is 2.32. The van der Waals surface area contributed by atoms with Crippen LogP contribution < -0.4 is 20.9 Å². The first kappa shape index (κ1) is 21.8. The van der Waals surface area contributed by atoms with Crippen LogP contribution in [0.4, 0.5) is 4.79 Å². The quantitative estimate of drug-likeness (QED) is 0.402. The first-order chi connectivity index (χ1) is 16.0. The van der Waals surface area contributed by atoms with Gasteiger partial charge in [-0.3, -0.25) is 10.2 Å². The van der Waals surface area contributed by atoms with E-state index in [9.17, 15) is 9.59 Å². The van der Waals surface area contributed by atoms with Crippen LogP contribution in [0, 0.1) is 6.92 Å². The van der Waals surface area contributed by atoms with E-state index in [2.05, 4.69) is 16.2 Å². The minimum Gasteiger partial charge on any atom is -0.497 e. The van der Waals surface area contributed by atoms with Crippen molar-refractivity contribution in [2.24, 2.45) is 0 Å². The van der Waals surface area contributed by atoms with Crippen molar-refractivity contribution in [2.45, 2.75) is 13.5 Å². The number of amides is 3. The number of carbonyl (C=O) groups excluding carboxylic acids is 2. The van der Waals surface area contributed by atoms with E-state index in [0.29, 0.717) is 28.7 Å². The molecular formula is C26H24N4O3. The molecular weight excluding hydrogens is 416 g/mol. The molecule has 0 radical (unpaired) electrons. The zero-order valence-electron chi connectivity index (χ0n) is 18.4. The SMILES string of the molecule is COc1ccc(CNC(=O)NNC(=O)c2cc(-c3ccc(C)cc3)nc3ccccc23)cc1. The van der Waals surface area contributed by atoms with Crippen molar-refractivity contribution in [1.29, 1.82) is 0 Å². The van der Waals surface area contributed by atoms with E-state index < -0.39 is 11.9 Å². The Morgan fingerprint density at radius 1 is 0.909 bits per heavy atom. The molecule has 0 bridgehead atoms. The number of ether oxygens (including phenoxy) is 1. The number of aromatic nitrogens is 1. The molecule has 0 atom stereocenters. The number of aryl methyl sites for hydroxylation is 1. The molecule has 3 amide bonds. The van der Waals surface area contributed by atoms with Gasteiger partial charge in [0.2, 0.25) is 0 Å². The fourth-order valence-corrected chi connectivity index (χ4v) is 3.39. The summed E-state index contributed by atoms with van der Waals surface area (Å²) in [6.07, 6.45) is 0. The van der Waals surface area contributed by atoms with Gasteiger partial charge in [-0.2, -0.15) is 0 Å². The van der Waals surface area contributed by atoms with Gasteiger partial charge in [0, 0.05) is 17.5 Å². The summed E-state index contributed by atoms with van der Waals surface area (Å²) in [5.74, 6) is 0.312. The summed E-state index contributed by atoms with van der Waals surface area (Å²) in [7, 11) is 1.60. The summed E-state index contributed by atoms with van der Waals surface area (Å²) in [4.78, 5) is 29.8. The highest BCUT2D eigenvalue weighted by atomic mass is 16.5. The van der Waals surface area contributed by atoms with Crippen LogP contribution in [-0.4, -0.2) is 24.0 Å². The number of nitrogens with one attached hydrogen (secondary N) is 3. The maximum atomic E-state index is 13.0. The molecule has 1 aromatic heterocycles. The Labute approximate surface area is 191 Å². The second-order valence-electron chi connectivity index (χ2n) is 7.55. The molecule has 0 saturated heterocycles. The molecule has 0 fully saturated rings. The van der Waals surface area contributed by atoms with Gasteiger partial charge >= 0.3 is 6.03 Å². The number of benzene rings is 3. The number of hydrogen-bond acceptors (Lipinski definition) is 4. The summed E-state index contributed by atoms with van der Waals surface area (Å²) < 4.78 is 5.12. The molecule has 4 rings (SSSR count). The van der Waals surface area contributed by atoms with Crippen molar-refractivity contribution in [3.05, 3.63) is 95.6 Å². The number of hydrazine groups is 1. The van der Waals surface area contributed by atoms with E-state index in [1.807, 2.05) is 79.7 Å². The molecule has 3 N–H and O–H groups in total. The lowest BCUT2D eigenvalue weighted by Gasteiger charge is -2.12. The highest BCUT2D eigenvalue weighted by Crippen LogP contribution is 2.25. The summed E-state index contributed by atoms with van der Waals surface area (Å²) in [5, 5.41) is 3.41. The van der Waals surface area contributed by atoms with Crippen LogP contribution in [0.2, 0.25) is 0 Å². The molecule has 4 aromatic rings. The molecule has 0 aliphatic carbocycles. The highest BCUT2D eigenvalue weighted by Gasteiger charge is 2.14. The third kappa shape index (κ3) is 5.27. The van der Waals surface area contributed by atoms with Crippen LogP contribution in [0.25, 0.3) is 22.2 Å². The van der Waals surface area contributed by atoms with E-state index in [1.165, 1.54) is 0 Å². The van der Waals surface area contributed by atoms with Gasteiger partial charge in [-0.25, -0.2) is 15.2 Å². The van der Waals surface area contributed by atoms with Crippen LogP contribution in [-0.2, 0) is 6.54 Å². The summed E-state index contributed by atoms with van der Waals surface area (Å²) >= 11 is 0. The average molecular weight is 441 g/mol. The number of nitrogens with zero attached hydrogens (tertiary/aromatic N) is 1. The van der Waals surface area contributed by atoms with E-state index >= 15 is 0 Å². The molecule has 0 aliphatic rings. The highest BCUT2D eigenvalue weighted by molar-refractivity contribution is 6.07. The van der Waals surface area contributed by atoms with Crippen LogP contribution in [0.5, 0.6) is 5.75 Å². The Morgan fingerprint density at radius 2 is 1.64 bits per heavy atom. The lowest BCUT2D eigenvalue weighted by Crippen LogP contribution is -2.46. The van der Waals surface area contributed by atoms with Crippen LogP contribution in [0.3, 0.4) is 0 Å². The minimum atomic E-state index is -0.517. The van der Waals surface area contributed by atoms with Crippen molar-refractivity contribution in [3.8, 4) is 17.0 Å². The smallest absolute Gasteiger partial charge is 0.333 e. The van der Waals surface area contributed by atoms with Crippen molar-refractivity contribution < 1.29 is 14.3 Å².